The van der Waals surface area contributed by atoms with Gasteiger partial charge in [0.05, 0.1) is 19.6 Å². The van der Waals surface area contributed by atoms with Crippen LogP contribution in [0.25, 0.3) is 0 Å². The number of nitrogens with zero attached hydrogens (tertiary/aromatic N) is 3. The van der Waals surface area contributed by atoms with Gasteiger partial charge in [-0.15, -0.1) is 0 Å². The zero-order valence-corrected chi connectivity index (χ0v) is 24.2. The first-order chi connectivity index (χ1) is 17.7. The Morgan fingerprint density at radius 2 is 1.44 bits per heavy atom. The van der Waals surface area contributed by atoms with E-state index in [4.69, 9.17) is 10.2 Å². The maximum absolute atomic E-state index is 11.8. The van der Waals surface area contributed by atoms with Crippen molar-refractivity contribution in [3.05, 3.63) is 43.3 Å². The minimum Gasteiger partial charge on any atom is -0.502 e. The van der Waals surface area contributed by atoms with E-state index in [0.29, 0.717) is 6.54 Å². The molecule has 0 radical (unpaired) electrons. The fourth-order valence-corrected chi connectivity index (χ4v) is 3.88. The van der Waals surface area contributed by atoms with Gasteiger partial charge in [-0.25, -0.2) is 6.54 Å². The summed E-state index contributed by atoms with van der Waals surface area (Å²) in [4.78, 5) is 61.0. The fraction of sp³-hybridized carbons (Fsp3) is 0.480. The van der Waals surface area contributed by atoms with Crippen LogP contribution in [0.3, 0.4) is 0 Å². The second kappa shape index (κ2) is 18.7. The number of carboxylic acids is 4. The second-order valence-corrected chi connectivity index (χ2v) is 9.15. The summed E-state index contributed by atoms with van der Waals surface area (Å²) in [5.74, 6) is -5.49. The molecule has 0 aromatic heterocycles. The number of hydrogen-bond donors (Lipinski definition) is 5. The molecule has 0 aliphatic carbocycles. The summed E-state index contributed by atoms with van der Waals surface area (Å²) in [5.41, 5.74) is 1.70. The van der Waals surface area contributed by atoms with Crippen molar-refractivity contribution in [2.45, 2.75) is 32.4 Å². The molecule has 0 fully saturated rings. The Hall–Kier alpha value is -2.49. The zero-order chi connectivity index (χ0) is 28.8. The van der Waals surface area contributed by atoms with Gasteiger partial charge in [-0.1, -0.05) is 12.1 Å². The molecule has 1 aromatic carbocycles. The first-order valence-corrected chi connectivity index (χ1v) is 11.9. The first-order valence-electron chi connectivity index (χ1n) is 11.9. The van der Waals surface area contributed by atoms with Gasteiger partial charge in [-0.3, -0.25) is 29.0 Å². The Balaban J connectivity index is 0.0000144. The van der Waals surface area contributed by atoms with E-state index in [1.807, 2.05) is 38.1 Å². The molecule has 0 aliphatic heterocycles. The molecule has 0 heterocycles. The molecule has 39 heavy (non-hydrogen) atoms. The van der Waals surface area contributed by atoms with Crippen LogP contribution < -0.4 is 5.32 Å². The minimum absolute atomic E-state index is 0. The van der Waals surface area contributed by atoms with E-state index in [1.165, 1.54) is 9.80 Å². The molecule has 220 valence electrons. The smallest absolute Gasteiger partial charge is 0.317 e. The van der Waals surface area contributed by atoms with E-state index >= 15 is 0 Å². The summed E-state index contributed by atoms with van der Waals surface area (Å²) in [6, 6.07) is 7.01. The van der Waals surface area contributed by atoms with Crippen LogP contribution in [0.15, 0.2) is 24.3 Å². The molecule has 0 amide bonds. The molecule has 0 saturated carbocycles. The molecule has 0 spiro atoms. The third kappa shape index (κ3) is 16.9. The molecular weight excluding hydrogens is 658 g/mol. The Morgan fingerprint density at radius 1 is 0.872 bits per heavy atom. The second-order valence-electron chi connectivity index (χ2n) is 9.15. The van der Waals surface area contributed by atoms with Crippen LogP contribution in [-0.2, 0) is 30.4 Å². The number of anilines is 1. The Labute approximate surface area is 259 Å². The fourth-order valence-electron chi connectivity index (χ4n) is 3.88. The summed E-state index contributed by atoms with van der Waals surface area (Å²) in [6.45, 7) is 6.06. The number of carbonyl (C=O) groups is 5. The number of Topliss-reactive ketones (excluding diaryl/α,β-unsaturated/α-hetero) is 1. The topological polar surface area (TPSA) is 188 Å². The van der Waals surface area contributed by atoms with Crippen LogP contribution in [0.1, 0.15) is 19.4 Å². The van der Waals surface area contributed by atoms with Crippen LogP contribution in [0.5, 0.6) is 0 Å². The molecule has 0 bridgehead atoms. The Kier molecular flexibility index (Phi) is 17.5. The Bertz CT molecular complexity index is 927. The van der Waals surface area contributed by atoms with Crippen molar-refractivity contribution in [1.29, 1.82) is 0 Å². The van der Waals surface area contributed by atoms with Gasteiger partial charge in [0.2, 0.25) is 0 Å². The van der Waals surface area contributed by atoms with E-state index < -0.39 is 55.3 Å². The molecule has 0 aliphatic rings. The normalized spacial score (nSPS) is 11.7. The molecule has 13 nitrogen and oxygen atoms in total. The van der Waals surface area contributed by atoms with Gasteiger partial charge < -0.3 is 42.4 Å². The van der Waals surface area contributed by atoms with Crippen LogP contribution in [0, 0.1) is 53.4 Å². The van der Waals surface area contributed by atoms with Gasteiger partial charge in [0.15, 0.2) is 5.97 Å². The van der Waals surface area contributed by atoms with Gasteiger partial charge in [0, 0.05) is 83.1 Å². The summed E-state index contributed by atoms with van der Waals surface area (Å²) >= 11 is 0. The summed E-state index contributed by atoms with van der Waals surface area (Å²) in [5, 5.41) is 40.2. The van der Waals surface area contributed by atoms with Gasteiger partial charge >= 0.3 is 17.9 Å². The minimum atomic E-state index is -1.36. The van der Waals surface area contributed by atoms with Crippen LogP contribution in [0.4, 0.5) is 5.69 Å². The number of benzene rings is 1. The van der Waals surface area contributed by atoms with Gasteiger partial charge in [0.1, 0.15) is 0 Å². The molecule has 14 heteroatoms. The average molecular weight is 694 g/mol. The van der Waals surface area contributed by atoms with E-state index in [2.05, 4.69) is 12.2 Å². The zero-order valence-electron chi connectivity index (χ0n) is 21.9. The number of carbonyl (C=O) groups excluding carboxylic acids is 1. The number of ketones is 1. The van der Waals surface area contributed by atoms with Crippen molar-refractivity contribution >= 4 is 35.3 Å². The third-order valence-corrected chi connectivity index (χ3v) is 5.28. The van der Waals surface area contributed by atoms with Gasteiger partial charge in [0.25, 0.3) is 0 Å². The third-order valence-electron chi connectivity index (χ3n) is 5.28. The van der Waals surface area contributed by atoms with Crippen molar-refractivity contribution in [3.8, 4) is 0 Å². The number of nitrogens with one attached hydrogen (secondary N) is 1. The molecule has 5 N–H and O–H groups in total. The standard InChI is InChI=1S/C25H36N4O9.Gd/c1-17(2)26-20-6-4-19(5-7-20)10-21(29(11-18(3)30)16-25(37)38)12-27(13-22(31)32)8-9-28(14-23(33)34)15-24(35)36;/h4-7,14,17,21,26H,3,8-13,15-16H2,1-2H3,(H,31,32)(H,33,34)(H,35,36)(H,37,38);/q-2;. The predicted molar refractivity (Wildman–Crippen MR) is 137 cm³/mol. The maximum Gasteiger partial charge on any atom is 0.317 e. The number of hydrogen-bond acceptors (Lipinski definition) is 9. The summed E-state index contributed by atoms with van der Waals surface area (Å²) < 4.78 is 0. The summed E-state index contributed by atoms with van der Waals surface area (Å²) in [7, 11) is 0. The number of rotatable bonds is 20. The van der Waals surface area contributed by atoms with Gasteiger partial charge in [-0.05, 0) is 44.5 Å². The average Bonchev–Trinajstić information content (AvgIpc) is 2.75. The van der Waals surface area contributed by atoms with E-state index in [0.717, 1.165) is 16.2 Å². The quantitative estimate of drug-likeness (QED) is 0.117. The molecule has 1 atom stereocenters. The SMILES string of the molecule is [CH2-]C(=O)CN(CC(=O)O)C(Cc1ccc(NC(C)C)cc1)CN(CCN([CH-]C(=O)O)CC(=O)O)CC(=O)O.[Gd]. The van der Waals surface area contributed by atoms with Crippen LogP contribution >= 0.6 is 0 Å². The van der Waals surface area contributed by atoms with Crippen molar-refractivity contribution in [2.75, 3.05) is 51.1 Å². The molecule has 1 rings (SSSR count). The van der Waals surface area contributed by atoms with Crippen LogP contribution in [0.2, 0.25) is 0 Å². The summed E-state index contributed by atoms with van der Waals surface area (Å²) in [6.07, 6.45) is 0.277. The number of carboxylic acid groups (broad SMARTS) is 4. The monoisotopic (exact) mass is 694 g/mol. The molecule has 1 unspecified atom stereocenters. The van der Waals surface area contributed by atoms with Crippen molar-refractivity contribution in [2.24, 2.45) is 0 Å². The maximum atomic E-state index is 11.8. The largest absolute Gasteiger partial charge is 0.502 e. The van der Waals surface area contributed by atoms with Crippen LogP contribution in [-0.4, -0.2) is 123 Å². The van der Waals surface area contributed by atoms with E-state index in [9.17, 15) is 34.2 Å². The molecular formula is C25H36GdN4O9-2. The first kappa shape index (κ1) is 36.5. The predicted octanol–water partition coefficient (Wildman–Crippen LogP) is 0.227. The van der Waals surface area contributed by atoms with Gasteiger partial charge in [-0.2, -0.15) is 0 Å². The van der Waals surface area contributed by atoms with Crippen molar-refractivity contribution in [1.82, 2.24) is 14.7 Å². The van der Waals surface area contributed by atoms with Crippen molar-refractivity contribution < 1.29 is 84.3 Å². The molecule has 0 saturated heterocycles. The number of aliphatic carboxylic acids is 4. The van der Waals surface area contributed by atoms with Crippen molar-refractivity contribution in [3.63, 3.8) is 0 Å². The Morgan fingerprint density at radius 3 is 1.90 bits per heavy atom. The van der Waals surface area contributed by atoms with E-state index in [1.54, 1.807) is 0 Å². The van der Waals surface area contributed by atoms with E-state index in [-0.39, 0.29) is 78.6 Å². The molecule has 1 aromatic rings.